The Labute approximate surface area is 186 Å². The number of aryl methyl sites for hydroxylation is 1. The lowest BCUT2D eigenvalue weighted by molar-refractivity contribution is 0.320. The van der Waals surface area contributed by atoms with Crippen LogP contribution in [0, 0.1) is 0 Å². The maximum absolute atomic E-state index is 13.3. The van der Waals surface area contributed by atoms with Crippen LogP contribution in [0.15, 0.2) is 46.3 Å². The largest absolute Gasteiger partial charge is 0.492 e. The summed E-state index contributed by atoms with van der Waals surface area (Å²) in [4.78, 5) is 13.3. The van der Waals surface area contributed by atoms with E-state index < -0.39 is 0 Å². The van der Waals surface area contributed by atoms with Gasteiger partial charge in [-0.3, -0.25) is 4.79 Å². The maximum Gasteiger partial charge on any atom is 0.297 e. The predicted octanol–water partition coefficient (Wildman–Crippen LogP) is 6.24. The van der Waals surface area contributed by atoms with Gasteiger partial charge in [0.15, 0.2) is 5.75 Å². The molecule has 5 nitrogen and oxygen atoms in total. The van der Waals surface area contributed by atoms with E-state index in [0.717, 1.165) is 49.4 Å². The molecule has 170 valence electrons. The fourth-order valence-corrected chi connectivity index (χ4v) is 3.62. The summed E-state index contributed by atoms with van der Waals surface area (Å²) in [5.41, 5.74) is 9.84. The number of hydrogen-bond donors (Lipinski definition) is 1. The second kappa shape index (κ2) is 12.2. The van der Waals surface area contributed by atoms with E-state index in [2.05, 4.69) is 33.8 Å². The highest BCUT2D eigenvalue weighted by molar-refractivity contribution is 5.90. The zero-order valence-electron chi connectivity index (χ0n) is 19.8. The minimum atomic E-state index is -0.165. The zero-order valence-corrected chi connectivity index (χ0v) is 19.8. The topological polar surface area (TPSA) is 66.5 Å². The lowest BCUT2D eigenvalue weighted by Crippen LogP contribution is -2.24. The Hall–Kier alpha value is -2.69. The minimum Gasteiger partial charge on any atom is -0.492 e. The molecule has 0 atom stereocenters. The van der Waals surface area contributed by atoms with Gasteiger partial charge in [-0.25, -0.2) is 0 Å². The monoisotopic (exact) mass is 426 g/mol. The first kappa shape index (κ1) is 24.6. The fourth-order valence-electron chi connectivity index (χ4n) is 3.62. The highest BCUT2D eigenvalue weighted by Gasteiger charge is 2.19. The van der Waals surface area contributed by atoms with E-state index in [-0.39, 0.29) is 11.3 Å². The summed E-state index contributed by atoms with van der Waals surface area (Å²) in [6.45, 7) is 9.45. The normalized spacial score (nSPS) is 11.6. The smallest absolute Gasteiger partial charge is 0.297 e. The molecule has 0 amide bonds. The molecule has 1 aromatic carbocycles. The van der Waals surface area contributed by atoms with Crippen molar-refractivity contribution in [3.63, 3.8) is 0 Å². The third-order valence-corrected chi connectivity index (χ3v) is 5.39. The minimum absolute atomic E-state index is 0.165. The van der Waals surface area contributed by atoms with Crippen molar-refractivity contribution in [1.82, 2.24) is 4.57 Å². The van der Waals surface area contributed by atoms with Crippen LogP contribution in [0.4, 0.5) is 5.69 Å². The van der Waals surface area contributed by atoms with Gasteiger partial charge in [0.2, 0.25) is 5.75 Å². The van der Waals surface area contributed by atoms with Gasteiger partial charge in [0.05, 0.1) is 12.6 Å². The molecule has 2 aromatic rings. The highest BCUT2D eigenvalue weighted by atomic mass is 16.5. The molecular formula is C26H38N2O3. The second-order valence-corrected chi connectivity index (χ2v) is 8.34. The number of ether oxygens (including phenoxy) is 2. The van der Waals surface area contributed by atoms with Crippen LogP contribution < -0.4 is 20.8 Å². The summed E-state index contributed by atoms with van der Waals surface area (Å²) in [5.74, 6) is 0.740. The third kappa shape index (κ3) is 6.91. The number of rotatable bonds is 12. The molecule has 0 saturated heterocycles. The van der Waals surface area contributed by atoms with Crippen molar-refractivity contribution in [2.24, 2.45) is 0 Å². The van der Waals surface area contributed by atoms with Crippen LogP contribution in [0.1, 0.15) is 66.2 Å². The molecule has 0 aliphatic carbocycles. The standard InChI is InChI=1S/C26H38N2O3/c1-6-7-8-9-16-28-23-18-21(27)13-14-22(23)24(30-5)25(26(28)29)31-17-15-20(4)12-10-11-19(2)3/h11,13-15,18H,6-10,12,16-17,27H2,1-5H3/b20-15+. The molecule has 0 unspecified atom stereocenters. The number of methoxy groups -OCH3 is 1. The van der Waals surface area contributed by atoms with E-state index in [1.54, 1.807) is 11.7 Å². The SMILES string of the molecule is CCCCCCn1c(=O)c(OC/C=C(\C)CCC=C(C)C)c(OC)c2ccc(N)cc21. The Balaban J connectivity index is 2.34. The summed E-state index contributed by atoms with van der Waals surface area (Å²) in [7, 11) is 1.57. The summed E-state index contributed by atoms with van der Waals surface area (Å²) in [6, 6.07) is 5.57. The van der Waals surface area contributed by atoms with Crippen molar-refractivity contribution in [3.05, 3.63) is 51.9 Å². The Morgan fingerprint density at radius 3 is 2.55 bits per heavy atom. The summed E-state index contributed by atoms with van der Waals surface area (Å²) in [5, 5.41) is 0.839. The quantitative estimate of drug-likeness (QED) is 0.248. The van der Waals surface area contributed by atoms with E-state index in [1.807, 2.05) is 24.3 Å². The van der Waals surface area contributed by atoms with Gasteiger partial charge in [0.1, 0.15) is 6.61 Å². The van der Waals surface area contributed by atoms with Crippen LogP contribution >= 0.6 is 0 Å². The molecule has 1 aromatic heterocycles. The van der Waals surface area contributed by atoms with E-state index in [0.29, 0.717) is 24.6 Å². The predicted molar refractivity (Wildman–Crippen MR) is 131 cm³/mol. The van der Waals surface area contributed by atoms with Crippen molar-refractivity contribution in [1.29, 1.82) is 0 Å². The van der Waals surface area contributed by atoms with Crippen LogP contribution in [-0.2, 0) is 6.54 Å². The number of nitrogen functional groups attached to an aromatic ring is 1. The second-order valence-electron chi connectivity index (χ2n) is 8.34. The van der Waals surface area contributed by atoms with Crippen LogP contribution in [0.25, 0.3) is 10.9 Å². The average molecular weight is 427 g/mol. The lowest BCUT2D eigenvalue weighted by Gasteiger charge is -2.17. The van der Waals surface area contributed by atoms with E-state index >= 15 is 0 Å². The molecule has 0 aliphatic heterocycles. The van der Waals surface area contributed by atoms with Gasteiger partial charge < -0.3 is 19.8 Å². The Morgan fingerprint density at radius 1 is 1.10 bits per heavy atom. The number of unbranched alkanes of at least 4 members (excludes halogenated alkanes) is 3. The van der Waals surface area contributed by atoms with Crippen molar-refractivity contribution >= 4 is 16.6 Å². The molecule has 0 radical (unpaired) electrons. The van der Waals surface area contributed by atoms with E-state index in [4.69, 9.17) is 15.2 Å². The number of fused-ring (bicyclic) bond motifs is 1. The van der Waals surface area contributed by atoms with Gasteiger partial charge in [-0.2, -0.15) is 0 Å². The molecule has 1 heterocycles. The highest BCUT2D eigenvalue weighted by Crippen LogP contribution is 2.33. The van der Waals surface area contributed by atoms with Crippen molar-refractivity contribution in [3.8, 4) is 11.5 Å². The Morgan fingerprint density at radius 2 is 1.87 bits per heavy atom. The summed E-state index contributed by atoms with van der Waals surface area (Å²) >= 11 is 0. The number of anilines is 1. The molecule has 0 aliphatic rings. The fraction of sp³-hybridized carbons (Fsp3) is 0.500. The number of hydrogen-bond acceptors (Lipinski definition) is 4. The molecule has 5 heteroatoms. The first-order valence-corrected chi connectivity index (χ1v) is 11.3. The van der Waals surface area contributed by atoms with Gasteiger partial charge in [-0.1, -0.05) is 43.4 Å². The Bertz CT molecular complexity index is 982. The number of benzene rings is 1. The summed E-state index contributed by atoms with van der Waals surface area (Å²) < 4.78 is 13.4. The van der Waals surface area contributed by atoms with Gasteiger partial charge in [0, 0.05) is 17.6 Å². The van der Waals surface area contributed by atoms with Crippen molar-refractivity contribution < 1.29 is 9.47 Å². The average Bonchev–Trinajstić information content (AvgIpc) is 2.73. The number of allylic oxidation sites excluding steroid dienone is 3. The molecule has 0 fully saturated rings. The third-order valence-electron chi connectivity index (χ3n) is 5.39. The molecule has 0 bridgehead atoms. The van der Waals surface area contributed by atoms with Gasteiger partial charge in [0.25, 0.3) is 5.56 Å². The zero-order chi connectivity index (χ0) is 22.8. The molecular weight excluding hydrogens is 388 g/mol. The lowest BCUT2D eigenvalue weighted by atomic mass is 10.1. The van der Waals surface area contributed by atoms with Gasteiger partial charge in [-0.05, 0) is 64.3 Å². The van der Waals surface area contributed by atoms with Crippen LogP contribution in [0.2, 0.25) is 0 Å². The summed E-state index contributed by atoms with van der Waals surface area (Å²) in [6.07, 6.45) is 10.6. The van der Waals surface area contributed by atoms with Crippen LogP contribution in [0.5, 0.6) is 11.5 Å². The molecule has 2 N–H and O–H groups in total. The first-order valence-electron chi connectivity index (χ1n) is 11.3. The maximum atomic E-state index is 13.3. The Kier molecular flexibility index (Phi) is 9.70. The molecule has 2 rings (SSSR count). The number of nitrogens with two attached hydrogens (primary N) is 1. The number of pyridine rings is 1. The van der Waals surface area contributed by atoms with E-state index in [1.165, 1.54) is 11.1 Å². The van der Waals surface area contributed by atoms with Crippen LogP contribution in [-0.4, -0.2) is 18.3 Å². The molecule has 31 heavy (non-hydrogen) atoms. The van der Waals surface area contributed by atoms with Crippen molar-refractivity contribution in [2.45, 2.75) is 72.8 Å². The molecule has 0 spiro atoms. The first-order chi connectivity index (χ1) is 14.9. The van der Waals surface area contributed by atoms with Gasteiger partial charge >= 0.3 is 0 Å². The molecule has 0 saturated carbocycles. The number of nitrogens with zero attached hydrogens (tertiary/aromatic N) is 1. The van der Waals surface area contributed by atoms with Crippen molar-refractivity contribution in [2.75, 3.05) is 19.5 Å². The van der Waals surface area contributed by atoms with Crippen LogP contribution in [0.3, 0.4) is 0 Å². The number of aromatic nitrogens is 1. The van der Waals surface area contributed by atoms with E-state index in [9.17, 15) is 4.79 Å². The van der Waals surface area contributed by atoms with Gasteiger partial charge in [-0.15, -0.1) is 0 Å².